The molecule has 3 nitrogen and oxygen atoms in total. The number of rotatable bonds is 4. The third-order valence-corrected chi connectivity index (χ3v) is 4.93. The van der Waals surface area contributed by atoms with E-state index in [0.29, 0.717) is 5.92 Å². The number of aryl methyl sites for hydroxylation is 1. The highest BCUT2D eigenvalue weighted by Gasteiger charge is 2.21. The average Bonchev–Trinajstić information content (AvgIpc) is 2.42. The van der Waals surface area contributed by atoms with Gasteiger partial charge in [0.15, 0.2) is 0 Å². The van der Waals surface area contributed by atoms with Crippen LogP contribution in [0.25, 0.3) is 0 Å². The van der Waals surface area contributed by atoms with Gasteiger partial charge in [-0.25, -0.2) is 0 Å². The van der Waals surface area contributed by atoms with E-state index < -0.39 is 0 Å². The first-order valence-electron chi connectivity index (χ1n) is 8.38. The highest BCUT2D eigenvalue weighted by Crippen LogP contribution is 2.28. The van der Waals surface area contributed by atoms with Gasteiger partial charge in [-0.1, -0.05) is 32.1 Å². The van der Waals surface area contributed by atoms with E-state index in [1.807, 2.05) is 13.1 Å². The lowest BCUT2D eigenvalue weighted by Gasteiger charge is -2.26. The lowest BCUT2D eigenvalue weighted by molar-refractivity contribution is 0.320. The molecule has 118 valence electrons. The van der Waals surface area contributed by atoms with Crippen LogP contribution in [0.1, 0.15) is 61.8 Å². The average molecular weight is 290 g/mol. The summed E-state index contributed by atoms with van der Waals surface area (Å²) >= 11 is 0. The van der Waals surface area contributed by atoms with Crippen molar-refractivity contribution >= 4 is 0 Å². The fourth-order valence-electron chi connectivity index (χ4n) is 3.58. The van der Waals surface area contributed by atoms with Crippen LogP contribution in [0.3, 0.4) is 0 Å². The topological polar surface area (TPSA) is 48.1 Å². The van der Waals surface area contributed by atoms with Gasteiger partial charge in [0.25, 0.3) is 0 Å². The second kappa shape index (κ2) is 7.79. The van der Waals surface area contributed by atoms with Gasteiger partial charge in [0, 0.05) is 35.5 Å². The van der Waals surface area contributed by atoms with Gasteiger partial charge in [-0.05, 0) is 32.6 Å². The summed E-state index contributed by atoms with van der Waals surface area (Å²) in [7, 11) is 1.73. The van der Waals surface area contributed by atoms with Gasteiger partial charge >= 0.3 is 0 Å². The molecular formula is C18H30N2O. The fraction of sp³-hybridized carbons (Fsp3) is 0.722. The van der Waals surface area contributed by atoms with Crippen LogP contribution < -0.4 is 10.5 Å². The maximum Gasteiger partial charge on any atom is 0.128 e. The van der Waals surface area contributed by atoms with Crippen LogP contribution in [0.4, 0.5) is 0 Å². The van der Waals surface area contributed by atoms with Gasteiger partial charge in [0.05, 0.1) is 7.11 Å². The Morgan fingerprint density at radius 3 is 2.43 bits per heavy atom. The molecule has 3 heteroatoms. The first-order valence-corrected chi connectivity index (χ1v) is 8.38. The minimum Gasteiger partial charge on any atom is -0.496 e. The zero-order valence-corrected chi connectivity index (χ0v) is 13.8. The van der Waals surface area contributed by atoms with Crippen LogP contribution in [-0.2, 0) is 6.42 Å². The minimum atomic E-state index is 0.224. The molecule has 0 spiro atoms. The normalized spacial score (nSPS) is 18.9. The number of methoxy groups -OCH3 is 1. The molecule has 1 atom stereocenters. The van der Waals surface area contributed by atoms with Gasteiger partial charge < -0.3 is 10.5 Å². The van der Waals surface area contributed by atoms with Crippen molar-refractivity contribution < 1.29 is 4.74 Å². The van der Waals surface area contributed by atoms with E-state index in [0.717, 1.165) is 29.0 Å². The first kappa shape index (κ1) is 16.3. The van der Waals surface area contributed by atoms with Crippen LogP contribution >= 0.6 is 0 Å². The molecule has 2 rings (SSSR count). The van der Waals surface area contributed by atoms with Crippen molar-refractivity contribution in [3.8, 4) is 5.75 Å². The van der Waals surface area contributed by atoms with E-state index >= 15 is 0 Å². The zero-order valence-electron chi connectivity index (χ0n) is 13.8. The number of aromatic nitrogens is 1. The molecule has 1 aromatic heterocycles. The molecule has 1 unspecified atom stereocenters. The monoisotopic (exact) mass is 290 g/mol. The Morgan fingerprint density at radius 1 is 1.19 bits per heavy atom. The maximum atomic E-state index is 6.52. The van der Waals surface area contributed by atoms with Crippen molar-refractivity contribution in [1.29, 1.82) is 0 Å². The van der Waals surface area contributed by atoms with Crippen molar-refractivity contribution in [2.75, 3.05) is 7.11 Å². The Kier molecular flexibility index (Phi) is 6.04. The molecule has 0 aromatic carbocycles. The number of nitrogens with zero attached hydrogens (tertiary/aromatic N) is 1. The summed E-state index contributed by atoms with van der Waals surface area (Å²) in [6.07, 6.45) is 12.2. The SMILES string of the molecule is COc1c(C)cnc(CC(N)C2CCCCCCC2)c1C. The van der Waals surface area contributed by atoms with Crippen LogP contribution in [0.15, 0.2) is 6.20 Å². The van der Waals surface area contributed by atoms with Crippen LogP contribution in [-0.4, -0.2) is 18.1 Å². The summed E-state index contributed by atoms with van der Waals surface area (Å²) in [6, 6.07) is 0.224. The van der Waals surface area contributed by atoms with E-state index in [9.17, 15) is 0 Å². The third kappa shape index (κ3) is 4.19. The summed E-state index contributed by atoms with van der Waals surface area (Å²) in [6.45, 7) is 4.14. The lowest BCUT2D eigenvalue weighted by atomic mass is 9.84. The second-order valence-corrected chi connectivity index (χ2v) is 6.52. The Balaban J connectivity index is 2.06. The predicted octanol–water partition coefficient (Wildman–Crippen LogP) is 3.94. The molecule has 1 aromatic rings. The van der Waals surface area contributed by atoms with Gasteiger partial charge in [0.1, 0.15) is 5.75 Å². The zero-order chi connectivity index (χ0) is 15.2. The van der Waals surface area contributed by atoms with Gasteiger partial charge in [-0.2, -0.15) is 0 Å². The number of ether oxygens (including phenoxy) is 1. The molecule has 0 saturated heterocycles. The molecule has 0 amide bonds. The largest absolute Gasteiger partial charge is 0.496 e. The highest BCUT2D eigenvalue weighted by atomic mass is 16.5. The molecule has 0 aliphatic heterocycles. The highest BCUT2D eigenvalue weighted by molar-refractivity contribution is 5.41. The van der Waals surface area contributed by atoms with Crippen molar-refractivity contribution in [2.45, 2.75) is 71.3 Å². The molecule has 1 fully saturated rings. The molecule has 0 bridgehead atoms. The fourth-order valence-corrected chi connectivity index (χ4v) is 3.58. The van der Waals surface area contributed by atoms with Gasteiger partial charge in [-0.3, -0.25) is 4.98 Å². The van der Waals surface area contributed by atoms with Crippen molar-refractivity contribution in [3.63, 3.8) is 0 Å². The van der Waals surface area contributed by atoms with Crippen LogP contribution in [0.5, 0.6) is 5.75 Å². The Bertz CT molecular complexity index is 451. The second-order valence-electron chi connectivity index (χ2n) is 6.52. The third-order valence-electron chi connectivity index (χ3n) is 4.93. The van der Waals surface area contributed by atoms with E-state index in [4.69, 9.17) is 10.5 Å². The molecule has 1 saturated carbocycles. The lowest BCUT2D eigenvalue weighted by Crippen LogP contribution is -2.33. The Labute approximate surface area is 129 Å². The van der Waals surface area contributed by atoms with E-state index in [1.165, 1.54) is 44.9 Å². The summed E-state index contributed by atoms with van der Waals surface area (Å²) in [5.74, 6) is 1.61. The first-order chi connectivity index (χ1) is 10.1. The number of nitrogens with two attached hydrogens (primary N) is 1. The van der Waals surface area contributed by atoms with Crippen molar-refractivity contribution in [1.82, 2.24) is 4.98 Å². The molecule has 0 radical (unpaired) electrons. The molecule has 1 aliphatic carbocycles. The minimum absolute atomic E-state index is 0.224. The molecule has 2 N–H and O–H groups in total. The molecule has 21 heavy (non-hydrogen) atoms. The van der Waals surface area contributed by atoms with E-state index in [1.54, 1.807) is 7.11 Å². The Hall–Kier alpha value is -1.09. The maximum absolute atomic E-state index is 6.52. The molecule has 1 heterocycles. The number of hydrogen-bond acceptors (Lipinski definition) is 3. The molecule has 1 aliphatic rings. The summed E-state index contributed by atoms with van der Waals surface area (Å²) in [5.41, 5.74) is 9.87. The quantitative estimate of drug-likeness (QED) is 0.913. The van der Waals surface area contributed by atoms with Crippen molar-refractivity contribution in [3.05, 3.63) is 23.0 Å². The smallest absolute Gasteiger partial charge is 0.128 e. The summed E-state index contributed by atoms with van der Waals surface area (Å²) < 4.78 is 5.50. The Morgan fingerprint density at radius 2 is 1.81 bits per heavy atom. The standard InChI is InChI=1S/C18H30N2O/c1-13-12-20-17(14(2)18(13)21-3)11-16(19)15-9-7-5-4-6-8-10-15/h12,15-16H,4-11,19H2,1-3H3. The van der Waals surface area contributed by atoms with E-state index in [-0.39, 0.29) is 6.04 Å². The van der Waals surface area contributed by atoms with E-state index in [2.05, 4.69) is 11.9 Å². The van der Waals surface area contributed by atoms with Crippen LogP contribution in [0, 0.1) is 19.8 Å². The number of pyridine rings is 1. The molecular weight excluding hydrogens is 260 g/mol. The van der Waals surface area contributed by atoms with Gasteiger partial charge in [-0.15, -0.1) is 0 Å². The number of hydrogen-bond donors (Lipinski definition) is 1. The van der Waals surface area contributed by atoms with Crippen molar-refractivity contribution in [2.24, 2.45) is 11.7 Å². The summed E-state index contributed by atoms with van der Waals surface area (Å²) in [4.78, 5) is 4.60. The predicted molar refractivity (Wildman–Crippen MR) is 87.8 cm³/mol. The van der Waals surface area contributed by atoms with Gasteiger partial charge in [0.2, 0.25) is 0 Å². The van der Waals surface area contributed by atoms with Crippen LogP contribution in [0.2, 0.25) is 0 Å². The summed E-state index contributed by atoms with van der Waals surface area (Å²) in [5, 5.41) is 0.